The molecule has 1 atom stereocenters. The van der Waals surface area contributed by atoms with Gasteiger partial charge in [0.15, 0.2) is 0 Å². The molecule has 0 bridgehead atoms. The molecule has 2 aromatic rings. The monoisotopic (exact) mass is 300 g/mol. The smallest absolute Gasteiger partial charge is 0.127 e. The summed E-state index contributed by atoms with van der Waals surface area (Å²) in [6.07, 6.45) is 10.1. The third kappa shape index (κ3) is 3.00. The van der Waals surface area contributed by atoms with Crippen LogP contribution in [0.4, 0.5) is 0 Å². The van der Waals surface area contributed by atoms with E-state index in [1.165, 1.54) is 23.1 Å². The zero-order valence-electron chi connectivity index (χ0n) is 13.1. The van der Waals surface area contributed by atoms with Gasteiger partial charge < -0.3 is 4.74 Å². The number of hydrogen-bond acceptors (Lipinski definition) is 1. The Morgan fingerprint density at radius 2 is 1.57 bits per heavy atom. The lowest BCUT2D eigenvalue weighted by atomic mass is 9.92. The van der Waals surface area contributed by atoms with E-state index in [9.17, 15) is 0 Å². The molecule has 0 aromatic heterocycles. The van der Waals surface area contributed by atoms with E-state index in [0.29, 0.717) is 5.92 Å². The molecular formula is C22H20O. The Hall–Kier alpha value is -2.54. The van der Waals surface area contributed by atoms with Crippen molar-refractivity contribution < 1.29 is 4.74 Å². The van der Waals surface area contributed by atoms with Gasteiger partial charge in [0.05, 0.1) is 0 Å². The summed E-state index contributed by atoms with van der Waals surface area (Å²) in [5, 5.41) is 0. The van der Waals surface area contributed by atoms with Crippen molar-refractivity contribution in [2.24, 2.45) is 0 Å². The van der Waals surface area contributed by atoms with Gasteiger partial charge in [0, 0.05) is 5.92 Å². The Morgan fingerprint density at radius 3 is 2.35 bits per heavy atom. The summed E-state index contributed by atoms with van der Waals surface area (Å²) in [6.45, 7) is 0. The molecule has 0 amide bonds. The van der Waals surface area contributed by atoms with Crippen molar-refractivity contribution in [1.82, 2.24) is 0 Å². The first-order valence-electron chi connectivity index (χ1n) is 8.29. The molecule has 0 aliphatic heterocycles. The molecule has 0 radical (unpaired) electrons. The normalized spacial score (nSPS) is 20.0. The van der Waals surface area contributed by atoms with Gasteiger partial charge in [0.25, 0.3) is 0 Å². The lowest BCUT2D eigenvalue weighted by Gasteiger charge is -2.14. The van der Waals surface area contributed by atoms with Crippen LogP contribution in [0, 0.1) is 0 Å². The number of benzene rings is 2. The summed E-state index contributed by atoms with van der Waals surface area (Å²) < 4.78 is 6.08. The first-order valence-corrected chi connectivity index (χ1v) is 8.29. The molecule has 114 valence electrons. The zero-order valence-corrected chi connectivity index (χ0v) is 13.1. The van der Waals surface area contributed by atoms with Gasteiger partial charge in [0.1, 0.15) is 11.5 Å². The second-order valence-corrected chi connectivity index (χ2v) is 6.09. The fourth-order valence-electron chi connectivity index (χ4n) is 3.49. The summed E-state index contributed by atoms with van der Waals surface area (Å²) in [5.41, 5.74) is 4.32. The van der Waals surface area contributed by atoms with Crippen molar-refractivity contribution in [3.8, 4) is 5.75 Å². The Bertz CT molecular complexity index is 766. The van der Waals surface area contributed by atoms with E-state index in [-0.39, 0.29) is 0 Å². The van der Waals surface area contributed by atoms with Crippen molar-refractivity contribution in [2.45, 2.75) is 25.2 Å². The van der Waals surface area contributed by atoms with Crippen LogP contribution in [0.1, 0.15) is 30.7 Å². The third-order valence-corrected chi connectivity index (χ3v) is 4.61. The maximum Gasteiger partial charge on any atom is 0.127 e. The van der Waals surface area contributed by atoms with E-state index in [4.69, 9.17) is 4.74 Å². The SMILES string of the molecule is C1=C(Oc2ccccc2)C=C2C(=CC1)CCC2c1ccccc1. The van der Waals surface area contributed by atoms with Crippen LogP contribution in [0.5, 0.6) is 5.75 Å². The topological polar surface area (TPSA) is 9.23 Å². The van der Waals surface area contributed by atoms with Gasteiger partial charge in [0.2, 0.25) is 0 Å². The quantitative estimate of drug-likeness (QED) is 0.697. The van der Waals surface area contributed by atoms with Gasteiger partial charge in [-0.05, 0) is 60.3 Å². The van der Waals surface area contributed by atoms with E-state index >= 15 is 0 Å². The van der Waals surface area contributed by atoms with Gasteiger partial charge >= 0.3 is 0 Å². The van der Waals surface area contributed by atoms with Crippen molar-refractivity contribution in [1.29, 1.82) is 0 Å². The largest absolute Gasteiger partial charge is 0.458 e. The van der Waals surface area contributed by atoms with Crippen molar-refractivity contribution in [3.63, 3.8) is 0 Å². The Labute approximate surface area is 137 Å². The number of para-hydroxylation sites is 1. The van der Waals surface area contributed by atoms with Gasteiger partial charge in [-0.15, -0.1) is 0 Å². The van der Waals surface area contributed by atoms with Gasteiger partial charge in [-0.2, -0.15) is 0 Å². The highest BCUT2D eigenvalue weighted by atomic mass is 16.5. The minimum absolute atomic E-state index is 0.489. The van der Waals surface area contributed by atoms with Crippen LogP contribution in [-0.2, 0) is 0 Å². The Kier molecular flexibility index (Phi) is 3.85. The number of fused-ring (bicyclic) bond motifs is 1. The highest BCUT2D eigenvalue weighted by molar-refractivity contribution is 5.50. The summed E-state index contributed by atoms with van der Waals surface area (Å²) in [4.78, 5) is 0. The Balaban J connectivity index is 1.64. The molecule has 4 rings (SSSR count). The average Bonchev–Trinajstić information content (AvgIpc) is 2.89. The van der Waals surface area contributed by atoms with Crippen LogP contribution in [-0.4, -0.2) is 0 Å². The van der Waals surface area contributed by atoms with E-state index in [1.807, 2.05) is 30.3 Å². The van der Waals surface area contributed by atoms with Gasteiger partial charge in [-0.1, -0.05) is 54.6 Å². The summed E-state index contributed by atoms with van der Waals surface area (Å²) in [6, 6.07) is 20.8. The van der Waals surface area contributed by atoms with E-state index in [0.717, 1.165) is 24.4 Å². The molecule has 0 N–H and O–H groups in total. The maximum atomic E-state index is 6.08. The van der Waals surface area contributed by atoms with Crippen LogP contribution in [0.2, 0.25) is 0 Å². The van der Waals surface area contributed by atoms with Crippen LogP contribution < -0.4 is 4.74 Å². The standard InChI is InChI=1S/C22H20O/c1-3-8-17(9-4-1)21-15-14-18-10-7-13-20(16-22(18)21)23-19-11-5-2-6-12-19/h1-6,8-13,16,21H,7,14-15H2. The van der Waals surface area contributed by atoms with Crippen LogP contribution in [0.3, 0.4) is 0 Å². The molecule has 0 heterocycles. The predicted octanol–water partition coefficient (Wildman–Crippen LogP) is 5.78. The molecule has 0 spiro atoms. The molecular weight excluding hydrogens is 280 g/mol. The zero-order chi connectivity index (χ0) is 15.5. The number of rotatable bonds is 3. The van der Waals surface area contributed by atoms with Gasteiger partial charge in [-0.3, -0.25) is 0 Å². The van der Waals surface area contributed by atoms with Crippen molar-refractivity contribution >= 4 is 0 Å². The summed E-state index contributed by atoms with van der Waals surface area (Å²) >= 11 is 0. The first-order chi connectivity index (χ1) is 11.4. The van der Waals surface area contributed by atoms with Crippen LogP contribution in [0.25, 0.3) is 0 Å². The lowest BCUT2D eigenvalue weighted by molar-refractivity contribution is 0.442. The van der Waals surface area contributed by atoms with E-state index in [2.05, 4.69) is 48.6 Å². The van der Waals surface area contributed by atoms with Gasteiger partial charge in [-0.25, -0.2) is 0 Å². The molecule has 1 unspecified atom stereocenters. The molecule has 1 saturated carbocycles. The first kappa shape index (κ1) is 14.1. The summed E-state index contributed by atoms with van der Waals surface area (Å²) in [5.74, 6) is 2.34. The number of allylic oxidation sites excluding steroid dienone is 5. The second-order valence-electron chi connectivity index (χ2n) is 6.09. The van der Waals surface area contributed by atoms with Crippen LogP contribution >= 0.6 is 0 Å². The number of hydrogen-bond donors (Lipinski definition) is 0. The second kappa shape index (κ2) is 6.29. The van der Waals surface area contributed by atoms with Crippen molar-refractivity contribution in [3.05, 3.63) is 101 Å². The molecule has 2 aliphatic rings. The highest BCUT2D eigenvalue weighted by Crippen LogP contribution is 2.44. The highest BCUT2D eigenvalue weighted by Gasteiger charge is 2.27. The molecule has 2 aromatic carbocycles. The molecule has 0 saturated heterocycles. The molecule has 1 nitrogen and oxygen atoms in total. The Morgan fingerprint density at radius 1 is 0.826 bits per heavy atom. The number of ether oxygens (including phenoxy) is 1. The van der Waals surface area contributed by atoms with E-state index in [1.54, 1.807) is 0 Å². The molecule has 23 heavy (non-hydrogen) atoms. The molecule has 1 heteroatoms. The predicted molar refractivity (Wildman–Crippen MR) is 94.4 cm³/mol. The molecule has 1 fully saturated rings. The minimum Gasteiger partial charge on any atom is -0.458 e. The fraction of sp³-hybridized carbons (Fsp3) is 0.182. The van der Waals surface area contributed by atoms with Crippen LogP contribution in [0.15, 0.2) is 95.8 Å². The minimum atomic E-state index is 0.489. The average molecular weight is 300 g/mol. The van der Waals surface area contributed by atoms with E-state index < -0.39 is 0 Å². The molecule has 2 aliphatic carbocycles. The van der Waals surface area contributed by atoms with Crippen molar-refractivity contribution in [2.75, 3.05) is 0 Å². The fourth-order valence-corrected chi connectivity index (χ4v) is 3.49. The maximum absolute atomic E-state index is 6.08. The lowest BCUT2D eigenvalue weighted by Crippen LogP contribution is -1.98. The summed E-state index contributed by atoms with van der Waals surface area (Å²) in [7, 11) is 0. The third-order valence-electron chi connectivity index (χ3n) is 4.61.